The molecule has 4 aromatic rings. The van der Waals surface area contributed by atoms with E-state index in [9.17, 15) is 8.96 Å². The summed E-state index contributed by atoms with van der Waals surface area (Å²) in [6, 6.07) is 7.03. The molecule has 0 saturated heterocycles. The molecule has 0 fully saturated rings. The third-order valence-electron chi connectivity index (χ3n) is 6.54. The molecule has 0 bridgehead atoms. The molecule has 1 aromatic carbocycles. The van der Waals surface area contributed by atoms with Gasteiger partial charge in [-0.2, -0.15) is 0 Å². The molecule has 9 heteroatoms. The molecule has 5 rings (SSSR count). The van der Waals surface area contributed by atoms with Gasteiger partial charge in [0.1, 0.15) is 30.5 Å². The summed E-state index contributed by atoms with van der Waals surface area (Å²) in [7, 11) is -2.69. The molecular formula is C25H27FN5O2P. The number of imidazole rings is 1. The van der Waals surface area contributed by atoms with Crippen LogP contribution in [0.25, 0.3) is 16.6 Å². The molecule has 1 aliphatic rings. The molecule has 0 aliphatic carbocycles. The monoisotopic (exact) mass is 479 g/mol. The van der Waals surface area contributed by atoms with E-state index >= 15 is 0 Å². The number of anilines is 1. The van der Waals surface area contributed by atoms with Crippen LogP contribution < -0.4 is 15.5 Å². The van der Waals surface area contributed by atoms with E-state index in [0.717, 1.165) is 33.7 Å². The normalized spacial score (nSPS) is 13.2. The van der Waals surface area contributed by atoms with Crippen molar-refractivity contribution >= 4 is 24.0 Å². The second-order valence-corrected chi connectivity index (χ2v) is 11.9. The number of hydrogen-bond donors (Lipinski definition) is 1. The number of aromatic nitrogens is 4. The van der Waals surface area contributed by atoms with E-state index in [1.165, 1.54) is 6.07 Å². The van der Waals surface area contributed by atoms with Crippen LogP contribution in [0.5, 0.6) is 5.75 Å². The van der Waals surface area contributed by atoms with Gasteiger partial charge in [0.15, 0.2) is 0 Å². The van der Waals surface area contributed by atoms with Crippen molar-refractivity contribution in [1.29, 1.82) is 0 Å². The number of pyridine rings is 1. The molecule has 0 radical (unpaired) electrons. The minimum absolute atomic E-state index is 0.249. The Kier molecular flexibility index (Phi) is 5.86. The molecule has 0 unspecified atom stereocenters. The van der Waals surface area contributed by atoms with Gasteiger partial charge in [0.25, 0.3) is 0 Å². The minimum Gasteiger partial charge on any atom is -0.493 e. The van der Waals surface area contributed by atoms with Gasteiger partial charge < -0.3 is 14.6 Å². The van der Waals surface area contributed by atoms with Gasteiger partial charge >= 0.3 is 0 Å². The van der Waals surface area contributed by atoms with E-state index < -0.39 is 7.14 Å². The molecule has 0 amide bonds. The first-order valence-electron chi connectivity index (χ1n) is 11.5. The number of halogens is 1. The quantitative estimate of drug-likeness (QED) is 0.383. The number of benzene rings is 1. The third-order valence-corrected chi connectivity index (χ3v) is 9.68. The summed E-state index contributed by atoms with van der Waals surface area (Å²) in [5, 5.41) is 3.27. The van der Waals surface area contributed by atoms with Gasteiger partial charge in [0, 0.05) is 65.6 Å². The van der Waals surface area contributed by atoms with Crippen LogP contribution in [0.2, 0.25) is 0 Å². The van der Waals surface area contributed by atoms with Gasteiger partial charge in [0.2, 0.25) is 5.95 Å². The van der Waals surface area contributed by atoms with E-state index in [0.29, 0.717) is 42.3 Å². The Morgan fingerprint density at radius 3 is 2.68 bits per heavy atom. The number of fused-ring (bicyclic) bond motifs is 2. The molecule has 176 valence electrons. The zero-order valence-electron chi connectivity index (χ0n) is 19.5. The highest BCUT2D eigenvalue weighted by Gasteiger charge is 2.28. The van der Waals surface area contributed by atoms with E-state index in [-0.39, 0.29) is 12.4 Å². The zero-order valence-corrected chi connectivity index (χ0v) is 20.4. The SMILES string of the molecule is CCP(=O)(CC)c1ncn2c(NCc3c(F)ccc4c3CCO4)ncc(-c3ccc(C)nc3)c12. The number of nitrogens with zero attached hydrogens (tertiary/aromatic N) is 4. The molecule has 7 nitrogen and oxygen atoms in total. The van der Waals surface area contributed by atoms with Crippen LogP contribution in [0.15, 0.2) is 43.0 Å². The van der Waals surface area contributed by atoms with Gasteiger partial charge in [-0.05, 0) is 25.1 Å². The Morgan fingerprint density at radius 2 is 1.94 bits per heavy atom. The van der Waals surface area contributed by atoms with E-state index in [2.05, 4.69) is 20.3 Å². The summed E-state index contributed by atoms with van der Waals surface area (Å²) in [6.07, 6.45) is 6.92. The lowest BCUT2D eigenvalue weighted by Gasteiger charge is -2.16. The second-order valence-electron chi connectivity index (χ2n) is 8.45. The second kappa shape index (κ2) is 8.84. The lowest BCUT2D eigenvalue weighted by atomic mass is 10.0. The smallest absolute Gasteiger partial charge is 0.209 e. The minimum atomic E-state index is -2.69. The van der Waals surface area contributed by atoms with Crippen molar-refractivity contribution in [2.24, 2.45) is 0 Å². The molecule has 1 N–H and O–H groups in total. The van der Waals surface area contributed by atoms with E-state index in [4.69, 9.17) is 4.74 Å². The Balaban J connectivity index is 1.62. The highest BCUT2D eigenvalue weighted by atomic mass is 31.2. The maximum atomic E-state index is 14.7. The number of hydrogen-bond acceptors (Lipinski definition) is 6. The summed E-state index contributed by atoms with van der Waals surface area (Å²) in [6.45, 7) is 6.61. The lowest BCUT2D eigenvalue weighted by Crippen LogP contribution is -2.14. The van der Waals surface area contributed by atoms with Crippen molar-refractivity contribution in [2.75, 3.05) is 24.2 Å². The number of ether oxygens (including phenoxy) is 1. The van der Waals surface area contributed by atoms with Crippen LogP contribution in [0.4, 0.5) is 10.3 Å². The lowest BCUT2D eigenvalue weighted by molar-refractivity contribution is 0.356. The van der Waals surface area contributed by atoms with Crippen LogP contribution in [-0.4, -0.2) is 38.3 Å². The topological polar surface area (TPSA) is 81.4 Å². The standard InChI is InChI=1S/C25H27FN5O2P/c1-4-34(32,5-2)24-23-19(17-7-6-16(3)27-12-17)13-28-25(31(23)15-30-24)29-14-20-18-10-11-33-22(18)9-8-21(20)26/h6-9,12-13,15H,4-5,10-11,14H2,1-3H3,(H,28,29). The number of aryl methyl sites for hydroxylation is 1. The Morgan fingerprint density at radius 1 is 1.12 bits per heavy atom. The maximum absolute atomic E-state index is 14.7. The van der Waals surface area contributed by atoms with Crippen molar-refractivity contribution in [3.05, 3.63) is 65.6 Å². The van der Waals surface area contributed by atoms with Crippen LogP contribution in [0.3, 0.4) is 0 Å². The summed E-state index contributed by atoms with van der Waals surface area (Å²) in [4.78, 5) is 13.7. The van der Waals surface area contributed by atoms with Crippen molar-refractivity contribution < 1.29 is 13.7 Å². The van der Waals surface area contributed by atoms with Gasteiger partial charge in [-0.1, -0.05) is 19.9 Å². The first-order valence-corrected chi connectivity index (χ1v) is 13.6. The average molecular weight is 479 g/mol. The van der Waals surface area contributed by atoms with Crippen LogP contribution in [-0.2, 0) is 17.5 Å². The fraction of sp³-hybridized carbons (Fsp3) is 0.320. The van der Waals surface area contributed by atoms with Gasteiger partial charge in [-0.15, -0.1) is 0 Å². The van der Waals surface area contributed by atoms with Gasteiger partial charge in [0.05, 0.1) is 12.1 Å². The fourth-order valence-electron chi connectivity index (χ4n) is 4.46. The zero-order chi connectivity index (χ0) is 23.9. The summed E-state index contributed by atoms with van der Waals surface area (Å²) >= 11 is 0. The fourth-order valence-corrected chi connectivity index (χ4v) is 6.39. The molecule has 3 aromatic heterocycles. The predicted octanol–water partition coefficient (Wildman–Crippen LogP) is 4.81. The van der Waals surface area contributed by atoms with E-state index in [1.807, 2.05) is 37.3 Å². The molecule has 34 heavy (non-hydrogen) atoms. The Labute approximate surface area is 197 Å². The third kappa shape index (κ3) is 3.76. The Hall–Kier alpha value is -3.25. The summed E-state index contributed by atoms with van der Waals surface area (Å²) in [5.41, 5.74) is 5.40. The first-order chi connectivity index (χ1) is 16.4. The number of rotatable bonds is 7. The average Bonchev–Trinajstić information content (AvgIpc) is 3.52. The highest BCUT2D eigenvalue weighted by molar-refractivity contribution is 7.71. The van der Waals surface area contributed by atoms with Gasteiger partial charge in [-0.3, -0.25) is 9.38 Å². The Bertz CT molecular complexity index is 1410. The predicted molar refractivity (Wildman–Crippen MR) is 132 cm³/mol. The van der Waals surface area contributed by atoms with Crippen LogP contribution in [0, 0.1) is 12.7 Å². The number of nitrogens with one attached hydrogen (secondary N) is 1. The van der Waals surface area contributed by atoms with Gasteiger partial charge in [-0.25, -0.2) is 14.4 Å². The highest BCUT2D eigenvalue weighted by Crippen LogP contribution is 2.45. The van der Waals surface area contributed by atoms with Crippen molar-refractivity contribution in [2.45, 2.75) is 33.7 Å². The molecule has 1 aliphatic heterocycles. The van der Waals surface area contributed by atoms with Crippen LogP contribution in [0.1, 0.15) is 30.7 Å². The van der Waals surface area contributed by atoms with Crippen molar-refractivity contribution in [3.8, 4) is 16.9 Å². The first kappa shape index (κ1) is 22.5. The molecule has 0 spiro atoms. The van der Waals surface area contributed by atoms with E-state index in [1.54, 1.807) is 24.8 Å². The summed E-state index contributed by atoms with van der Waals surface area (Å²) in [5.74, 6) is 0.964. The van der Waals surface area contributed by atoms with Crippen molar-refractivity contribution in [1.82, 2.24) is 19.4 Å². The molecule has 0 saturated carbocycles. The largest absolute Gasteiger partial charge is 0.493 e. The van der Waals surface area contributed by atoms with Crippen LogP contribution >= 0.6 is 7.14 Å². The maximum Gasteiger partial charge on any atom is 0.209 e. The van der Waals surface area contributed by atoms with Crippen molar-refractivity contribution in [3.63, 3.8) is 0 Å². The molecular weight excluding hydrogens is 452 g/mol. The molecule has 0 atom stereocenters. The molecule has 4 heterocycles. The summed E-state index contributed by atoms with van der Waals surface area (Å²) < 4.78 is 35.8.